The molecule has 1 N–H and O–H groups in total. The van der Waals surface area contributed by atoms with Crippen molar-refractivity contribution in [2.24, 2.45) is 11.3 Å². The Morgan fingerprint density at radius 3 is 2.31 bits per heavy atom. The molecule has 29 heavy (non-hydrogen) atoms. The van der Waals surface area contributed by atoms with Crippen LogP contribution in [-0.4, -0.2) is 83.5 Å². The topological polar surface area (TPSA) is 99.3 Å². The molecule has 2 atom stereocenters. The lowest BCUT2D eigenvalue weighted by Gasteiger charge is -2.43. The van der Waals surface area contributed by atoms with Gasteiger partial charge in [-0.2, -0.15) is 0 Å². The Bertz CT molecular complexity index is 701. The van der Waals surface area contributed by atoms with Crippen LogP contribution < -0.4 is 5.32 Å². The number of nitrogens with one attached hydrogen (secondary N) is 1. The van der Waals surface area contributed by atoms with E-state index in [4.69, 9.17) is 4.74 Å². The Kier molecular flexibility index (Phi) is 5.78. The van der Waals surface area contributed by atoms with E-state index in [1.54, 1.807) is 16.7 Å². The maximum absolute atomic E-state index is 13.2. The van der Waals surface area contributed by atoms with Gasteiger partial charge in [-0.05, 0) is 37.5 Å². The van der Waals surface area contributed by atoms with Crippen molar-refractivity contribution in [3.8, 4) is 0 Å². The van der Waals surface area contributed by atoms with Crippen LogP contribution in [0.3, 0.4) is 0 Å². The molecule has 3 rings (SSSR count). The molecule has 162 valence electrons. The molecule has 5 amide bonds. The van der Waals surface area contributed by atoms with Gasteiger partial charge in [-0.3, -0.25) is 14.5 Å². The lowest BCUT2D eigenvalue weighted by molar-refractivity contribution is -0.141. The Hall–Kier alpha value is -2.32. The molecule has 1 saturated carbocycles. The normalized spacial score (nSPS) is 29.2. The number of urea groups is 1. The van der Waals surface area contributed by atoms with Crippen molar-refractivity contribution in [2.75, 3.05) is 39.3 Å². The highest BCUT2D eigenvalue weighted by Crippen LogP contribution is 2.46. The number of imide groups is 1. The van der Waals surface area contributed by atoms with Gasteiger partial charge in [0.05, 0.1) is 6.61 Å². The van der Waals surface area contributed by atoms with Gasteiger partial charge in [-0.25, -0.2) is 9.59 Å². The maximum Gasteiger partial charge on any atom is 0.409 e. The zero-order chi connectivity index (χ0) is 21.4. The number of rotatable bonds is 3. The standard InChI is InChI=1S/C20H32N4O5/c1-5-29-18(28)23-8-6-22(7-9-23)15(25)12-24-16(26)20(21-17(24)27)11-14(2)10-19(3,4)13-20/h14H,5-13H2,1-4H3,(H,21,27)/t14-,20+/m1/s1. The van der Waals surface area contributed by atoms with Crippen LogP contribution in [0.25, 0.3) is 0 Å². The predicted octanol–water partition coefficient (Wildman–Crippen LogP) is 1.42. The third kappa shape index (κ3) is 4.33. The lowest BCUT2D eigenvalue weighted by Crippen LogP contribution is -2.55. The van der Waals surface area contributed by atoms with E-state index in [0.29, 0.717) is 51.5 Å². The highest BCUT2D eigenvalue weighted by atomic mass is 16.6. The van der Waals surface area contributed by atoms with E-state index in [1.807, 2.05) is 0 Å². The van der Waals surface area contributed by atoms with Crippen molar-refractivity contribution in [3.05, 3.63) is 0 Å². The molecule has 0 bridgehead atoms. The minimum absolute atomic E-state index is 0.0515. The lowest BCUT2D eigenvalue weighted by atomic mass is 9.64. The van der Waals surface area contributed by atoms with Gasteiger partial charge in [-0.1, -0.05) is 20.8 Å². The van der Waals surface area contributed by atoms with E-state index in [1.165, 1.54) is 0 Å². The van der Waals surface area contributed by atoms with Crippen molar-refractivity contribution >= 4 is 23.9 Å². The van der Waals surface area contributed by atoms with Gasteiger partial charge in [-0.15, -0.1) is 0 Å². The molecule has 1 aliphatic carbocycles. The molecule has 0 unspecified atom stereocenters. The third-order valence-corrected chi connectivity index (χ3v) is 6.08. The quantitative estimate of drug-likeness (QED) is 0.712. The molecule has 0 aromatic heterocycles. The van der Waals surface area contributed by atoms with E-state index in [-0.39, 0.29) is 29.9 Å². The summed E-state index contributed by atoms with van der Waals surface area (Å²) in [6.45, 7) is 9.58. The number of piperazine rings is 1. The Morgan fingerprint density at radius 2 is 1.72 bits per heavy atom. The van der Waals surface area contributed by atoms with E-state index < -0.39 is 11.6 Å². The maximum atomic E-state index is 13.2. The first kappa shape index (κ1) is 21.4. The van der Waals surface area contributed by atoms with Crippen LogP contribution in [0.4, 0.5) is 9.59 Å². The van der Waals surface area contributed by atoms with E-state index in [2.05, 4.69) is 26.1 Å². The van der Waals surface area contributed by atoms with E-state index >= 15 is 0 Å². The fourth-order valence-corrected chi connectivity index (χ4v) is 5.24. The summed E-state index contributed by atoms with van der Waals surface area (Å²) < 4.78 is 4.98. The average molecular weight is 408 g/mol. The third-order valence-electron chi connectivity index (χ3n) is 6.08. The fraction of sp³-hybridized carbons (Fsp3) is 0.800. The Morgan fingerprint density at radius 1 is 1.10 bits per heavy atom. The second kappa shape index (κ2) is 7.84. The highest BCUT2D eigenvalue weighted by molar-refractivity contribution is 6.09. The number of hydrogen-bond acceptors (Lipinski definition) is 5. The molecule has 3 aliphatic rings. The van der Waals surface area contributed by atoms with Gasteiger partial charge in [0.15, 0.2) is 0 Å². The van der Waals surface area contributed by atoms with Crippen LogP contribution in [0.15, 0.2) is 0 Å². The molecule has 9 nitrogen and oxygen atoms in total. The molecular weight excluding hydrogens is 376 g/mol. The van der Waals surface area contributed by atoms with Crippen LogP contribution in [0, 0.1) is 11.3 Å². The van der Waals surface area contributed by atoms with Crippen molar-refractivity contribution in [1.82, 2.24) is 20.0 Å². The molecule has 3 fully saturated rings. The van der Waals surface area contributed by atoms with Crippen LogP contribution in [0.5, 0.6) is 0 Å². The molecule has 0 aromatic carbocycles. The summed E-state index contributed by atoms with van der Waals surface area (Å²) in [7, 11) is 0. The molecule has 2 aliphatic heterocycles. The first-order valence-electron chi connectivity index (χ1n) is 10.4. The largest absolute Gasteiger partial charge is 0.450 e. The molecule has 2 heterocycles. The first-order valence-corrected chi connectivity index (χ1v) is 10.4. The zero-order valence-electron chi connectivity index (χ0n) is 17.8. The molecule has 0 radical (unpaired) electrons. The molecule has 0 aromatic rings. The monoisotopic (exact) mass is 408 g/mol. The van der Waals surface area contributed by atoms with Crippen LogP contribution in [-0.2, 0) is 14.3 Å². The minimum Gasteiger partial charge on any atom is -0.450 e. The molecule has 1 spiro atoms. The number of carbonyl (C=O) groups excluding carboxylic acids is 4. The number of carbonyl (C=O) groups is 4. The number of hydrogen-bond donors (Lipinski definition) is 1. The fourth-order valence-electron chi connectivity index (χ4n) is 5.24. The molecule has 9 heteroatoms. The summed E-state index contributed by atoms with van der Waals surface area (Å²) in [6, 6.07) is -0.488. The Balaban J connectivity index is 1.61. The summed E-state index contributed by atoms with van der Waals surface area (Å²) in [5.41, 5.74) is -0.953. The van der Waals surface area contributed by atoms with Crippen molar-refractivity contribution in [1.29, 1.82) is 0 Å². The minimum atomic E-state index is -0.902. The summed E-state index contributed by atoms with van der Waals surface area (Å²) in [4.78, 5) is 54.4. The SMILES string of the molecule is CCOC(=O)N1CCN(C(=O)CN2C(=O)N[C@]3(C[C@H](C)CC(C)(C)C3)C2=O)CC1. The van der Waals surface area contributed by atoms with Gasteiger partial charge in [0.1, 0.15) is 12.1 Å². The number of nitrogens with zero attached hydrogens (tertiary/aromatic N) is 3. The van der Waals surface area contributed by atoms with Crippen LogP contribution >= 0.6 is 0 Å². The summed E-state index contributed by atoms with van der Waals surface area (Å²) in [5, 5.41) is 2.90. The Labute approximate surface area is 171 Å². The van der Waals surface area contributed by atoms with Gasteiger partial charge < -0.3 is 19.9 Å². The molecule has 2 saturated heterocycles. The molecular formula is C20H32N4O5. The summed E-state index contributed by atoms with van der Waals surface area (Å²) in [5.74, 6) is -0.257. The van der Waals surface area contributed by atoms with Gasteiger partial charge in [0.2, 0.25) is 5.91 Å². The number of amides is 5. The second-order valence-electron chi connectivity index (χ2n) is 9.32. The highest BCUT2D eigenvalue weighted by Gasteiger charge is 2.56. The average Bonchev–Trinajstić information content (AvgIpc) is 2.83. The predicted molar refractivity (Wildman–Crippen MR) is 105 cm³/mol. The van der Waals surface area contributed by atoms with Crippen LogP contribution in [0.2, 0.25) is 0 Å². The zero-order valence-corrected chi connectivity index (χ0v) is 17.8. The number of ether oxygens (including phenoxy) is 1. The van der Waals surface area contributed by atoms with Crippen molar-refractivity contribution in [2.45, 2.75) is 52.5 Å². The van der Waals surface area contributed by atoms with E-state index in [0.717, 1.165) is 11.3 Å². The summed E-state index contributed by atoms with van der Waals surface area (Å²) in [6.07, 6.45) is 1.80. The summed E-state index contributed by atoms with van der Waals surface area (Å²) >= 11 is 0. The second-order valence-corrected chi connectivity index (χ2v) is 9.32. The first-order chi connectivity index (χ1) is 13.6. The van der Waals surface area contributed by atoms with Gasteiger partial charge in [0, 0.05) is 26.2 Å². The van der Waals surface area contributed by atoms with Crippen molar-refractivity contribution in [3.63, 3.8) is 0 Å². The van der Waals surface area contributed by atoms with Crippen molar-refractivity contribution < 1.29 is 23.9 Å². The van der Waals surface area contributed by atoms with Gasteiger partial charge in [0.25, 0.3) is 5.91 Å². The van der Waals surface area contributed by atoms with E-state index in [9.17, 15) is 19.2 Å². The van der Waals surface area contributed by atoms with Gasteiger partial charge >= 0.3 is 12.1 Å². The van der Waals surface area contributed by atoms with Crippen LogP contribution in [0.1, 0.15) is 47.0 Å². The smallest absolute Gasteiger partial charge is 0.409 e.